The third-order valence-corrected chi connectivity index (χ3v) is 7.29. The van der Waals surface area contributed by atoms with Crippen LogP contribution in [0.2, 0.25) is 0 Å². The zero-order valence-corrected chi connectivity index (χ0v) is 19.8. The lowest BCUT2D eigenvalue weighted by atomic mass is 9.96. The standard InChI is InChI=1S/C28H37N5/c1-2-29-28(30-20-23-11-8-12-25(17-23)32-15-6-7-16-32)31-24-18-26-13-14-27(19-24)33(26)21-22-9-4-3-5-10-22/h3-12,17,24,26-27H,2,13-16,18-21H2,1H3,(H2,29,30,31). The highest BCUT2D eigenvalue weighted by molar-refractivity contribution is 5.80. The maximum absolute atomic E-state index is 4.95. The molecule has 3 heterocycles. The smallest absolute Gasteiger partial charge is 0.191 e. The Morgan fingerprint density at radius 3 is 2.39 bits per heavy atom. The Bertz CT molecular complexity index is 947. The van der Waals surface area contributed by atoms with Crippen molar-refractivity contribution in [1.29, 1.82) is 0 Å². The van der Waals surface area contributed by atoms with Crippen molar-refractivity contribution in [3.63, 3.8) is 0 Å². The number of guanidine groups is 1. The zero-order valence-electron chi connectivity index (χ0n) is 19.8. The molecule has 2 aromatic carbocycles. The average molecular weight is 444 g/mol. The highest BCUT2D eigenvalue weighted by atomic mass is 15.3. The summed E-state index contributed by atoms with van der Waals surface area (Å²) in [5, 5.41) is 7.25. The van der Waals surface area contributed by atoms with E-state index in [2.05, 4.69) is 94.1 Å². The predicted molar refractivity (Wildman–Crippen MR) is 138 cm³/mol. The van der Waals surface area contributed by atoms with Gasteiger partial charge in [-0.05, 0) is 55.9 Å². The fraction of sp³-hybridized carbons (Fsp3) is 0.464. The number of aliphatic imine (C=N–C) groups is 1. The Labute approximate surface area is 198 Å². The van der Waals surface area contributed by atoms with E-state index in [0.717, 1.165) is 32.1 Å². The van der Waals surface area contributed by atoms with E-state index >= 15 is 0 Å². The zero-order chi connectivity index (χ0) is 22.5. The molecule has 5 rings (SSSR count). The molecule has 5 heteroatoms. The summed E-state index contributed by atoms with van der Waals surface area (Å²) in [6.45, 7) is 6.81. The summed E-state index contributed by atoms with van der Waals surface area (Å²) in [5.74, 6) is 0.951. The largest absolute Gasteiger partial charge is 0.364 e. The first-order valence-corrected chi connectivity index (χ1v) is 12.6. The van der Waals surface area contributed by atoms with Crippen LogP contribution in [0.4, 0.5) is 5.69 Å². The molecule has 0 aliphatic carbocycles. The van der Waals surface area contributed by atoms with Crippen molar-refractivity contribution in [2.45, 2.75) is 63.8 Å². The molecule has 33 heavy (non-hydrogen) atoms. The monoisotopic (exact) mass is 443 g/mol. The summed E-state index contributed by atoms with van der Waals surface area (Å²) in [6, 6.07) is 21.6. The van der Waals surface area contributed by atoms with Gasteiger partial charge in [-0.2, -0.15) is 0 Å². The third kappa shape index (κ3) is 5.41. The van der Waals surface area contributed by atoms with Gasteiger partial charge in [0, 0.05) is 50.0 Å². The number of nitrogens with zero attached hydrogens (tertiary/aromatic N) is 3. The Morgan fingerprint density at radius 1 is 0.939 bits per heavy atom. The molecular weight excluding hydrogens is 406 g/mol. The van der Waals surface area contributed by atoms with Gasteiger partial charge in [-0.25, -0.2) is 4.99 Å². The van der Waals surface area contributed by atoms with Crippen LogP contribution in [0.15, 0.2) is 71.7 Å². The summed E-state index contributed by atoms with van der Waals surface area (Å²) in [7, 11) is 0. The minimum Gasteiger partial charge on any atom is -0.364 e. The van der Waals surface area contributed by atoms with E-state index in [0.29, 0.717) is 24.7 Å². The fourth-order valence-electron chi connectivity index (χ4n) is 5.67. The Hall–Kier alpha value is -2.79. The Kier molecular flexibility index (Phi) is 6.96. The maximum Gasteiger partial charge on any atom is 0.191 e. The van der Waals surface area contributed by atoms with E-state index in [9.17, 15) is 0 Å². The average Bonchev–Trinajstić information content (AvgIpc) is 3.45. The van der Waals surface area contributed by atoms with Gasteiger partial charge >= 0.3 is 0 Å². The molecule has 2 fully saturated rings. The van der Waals surface area contributed by atoms with E-state index in [1.165, 1.54) is 42.5 Å². The quantitative estimate of drug-likeness (QED) is 0.380. The molecule has 174 valence electrons. The van der Waals surface area contributed by atoms with Crippen molar-refractivity contribution >= 4 is 11.6 Å². The molecule has 2 bridgehead atoms. The SMILES string of the molecule is CCNC(=NCc1cccc(N2CC=CC2)c1)NC1CC2CCC(C1)N2Cc1ccccc1. The van der Waals surface area contributed by atoms with Gasteiger partial charge in [-0.1, -0.05) is 54.6 Å². The van der Waals surface area contributed by atoms with E-state index in [1.54, 1.807) is 0 Å². The van der Waals surface area contributed by atoms with Gasteiger partial charge in [0.25, 0.3) is 0 Å². The van der Waals surface area contributed by atoms with Gasteiger partial charge in [0.15, 0.2) is 5.96 Å². The molecule has 5 nitrogen and oxygen atoms in total. The number of anilines is 1. The van der Waals surface area contributed by atoms with Gasteiger partial charge in [0.05, 0.1) is 6.54 Å². The van der Waals surface area contributed by atoms with Crippen LogP contribution in [-0.4, -0.2) is 48.6 Å². The summed E-state index contributed by atoms with van der Waals surface area (Å²) in [5.41, 5.74) is 3.98. The first kappa shape index (κ1) is 22.0. The first-order valence-electron chi connectivity index (χ1n) is 12.6. The van der Waals surface area contributed by atoms with Crippen molar-refractivity contribution in [2.75, 3.05) is 24.5 Å². The molecule has 0 radical (unpaired) electrons. The number of piperidine rings is 1. The first-order chi connectivity index (χ1) is 16.3. The molecule has 3 aliphatic heterocycles. The predicted octanol–water partition coefficient (Wildman–Crippen LogP) is 4.31. The van der Waals surface area contributed by atoms with Crippen molar-refractivity contribution in [1.82, 2.24) is 15.5 Å². The summed E-state index contributed by atoms with van der Waals surface area (Å²) >= 11 is 0. The molecular formula is C28H37N5. The molecule has 0 spiro atoms. The van der Waals surface area contributed by atoms with Crippen LogP contribution in [0.5, 0.6) is 0 Å². The number of nitrogens with one attached hydrogen (secondary N) is 2. The summed E-state index contributed by atoms with van der Waals surface area (Å²) in [4.78, 5) is 10.1. The van der Waals surface area contributed by atoms with Gasteiger partial charge in [0.2, 0.25) is 0 Å². The van der Waals surface area contributed by atoms with Gasteiger partial charge in [-0.3, -0.25) is 4.90 Å². The second kappa shape index (κ2) is 10.4. The van der Waals surface area contributed by atoms with E-state index in [4.69, 9.17) is 4.99 Å². The van der Waals surface area contributed by atoms with Crippen LogP contribution in [0.1, 0.15) is 43.7 Å². The lowest BCUT2D eigenvalue weighted by Crippen LogP contribution is -2.52. The second-order valence-corrected chi connectivity index (χ2v) is 9.60. The Morgan fingerprint density at radius 2 is 1.67 bits per heavy atom. The number of benzene rings is 2. The van der Waals surface area contributed by atoms with Gasteiger partial charge in [-0.15, -0.1) is 0 Å². The molecule has 2 atom stereocenters. The lowest BCUT2D eigenvalue weighted by Gasteiger charge is -2.39. The van der Waals surface area contributed by atoms with Crippen LogP contribution < -0.4 is 15.5 Å². The highest BCUT2D eigenvalue weighted by Crippen LogP contribution is 2.36. The third-order valence-electron chi connectivity index (χ3n) is 7.29. The van der Waals surface area contributed by atoms with Crippen molar-refractivity contribution in [3.05, 3.63) is 77.9 Å². The van der Waals surface area contributed by atoms with Gasteiger partial charge < -0.3 is 15.5 Å². The second-order valence-electron chi connectivity index (χ2n) is 9.60. The van der Waals surface area contributed by atoms with Gasteiger partial charge in [0.1, 0.15) is 0 Å². The Balaban J connectivity index is 1.20. The minimum absolute atomic E-state index is 0.495. The molecule has 0 saturated carbocycles. The summed E-state index contributed by atoms with van der Waals surface area (Å²) < 4.78 is 0. The van der Waals surface area contributed by atoms with E-state index in [1.807, 2.05) is 0 Å². The molecule has 2 N–H and O–H groups in total. The van der Waals surface area contributed by atoms with Crippen LogP contribution in [0.25, 0.3) is 0 Å². The highest BCUT2D eigenvalue weighted by Gasteiger charge is 2.40. The van der Waals surface area contributed by atoms with Crippen molar-refractivity contribution in [2.24, 2.45) is 4.99 Å². The molecule has 2 unspecified atom stereocenters. The topological polar surface area (TPSA) is 42.9 Å². The molecule has 0 aromatic heterocycles. The lowest BCUT2D eigenvalue weighted by molar-refractivity contribution is 0.114. The molecule has 0 amide bonds. The van der Waals surface area contributed by atoms with E-state index in [-0.39, 0.29) is 0 Å². The number of fused-ring (bicyclic) bond motifs is 2. The van der Waals surface area contributed by atoms with E-state index < -0.39 is 0 Å². The molecule has 2 saturated heterocycles. The van der Waals surface area contributed by atoms with Crippen molar-refractivity contribution in [3.8, 4) is 0 Å². The number of hydrogen-bond acceptors (Lipinski definition) is 3. The van der Waals surface area contributed by atoms with Crippen LogP contribution in [0.3, 0.4) is 0 Å². The molecule has 2 aromatic rings. The maximum atomic E-state index is 4.95. The number of hydrogen-bond donors (Lipinski definition) is 2. The van der Waals surface area contributed by atoms with Crippen molar-refractivity contribution < 1.29 is 0 Å². The fourth-order valence-corrected chi connectivity index (χ4v) is 5.67. The molecule has 3 aliphatic rings. The number of rotatable bonds is 7. The van der Waals surface area contributed by atoms with Crippen LogP contribution >= 0.6 is 0 Å². The van der Waals surface area contributed by atoms with Crippen LogP contribution in [0, 0.1) is 0 Å². The normalized spacial score (nSPS) is 24.9. The van der Waals surface area contributed by atoms with Crippen LogP contribution in [-0.2, 0) is 13.1 Å². The summed E-state index contributed by atoms with van der Waals surface area (Å²) in [6.07, 6.45) is 9.51. The minimum atomic E-state index is 0.495.